The lowest BCUT2D eigenvalue weighted by Crippen LogP contribution is -2.19. The van der Waals surface area contributed by atoms with Gasteiger partial charge < -0.3 is 15.3 Å². The van der Waals surface area contributed by atoms with E-state index >= 15 is 0 Å². The molecular formula is C23H25FN2O4. The summed E-state index contributed by atoms with van der Waals surface area (Å²) in [6.45, 7) is 4.11. The minimum absolute atomic E-state index is 0.0908. The van der Waals surface area contributed by atoms with Crippen LogP contribution in [0, 0.1) is 5.82 Å². The molecule has 2 unspecified atom stereocenters. The van der Waals surface area contributed by atoms with Crippen LogP contribution < -0.4 is 0 Å². The normalized spacial score (nSPS) is 13.9. The molecule has 0 aliphatic carbocycles. The smallest absolute Gasteiger partial charge is 0.305 e. The molecule has 0 amide bonds. The van der Waals surface area contributed by atoms with Gasteiger partial charge in [0.25, 0.3) is 0 Å². The first-order valence-corrected chi connectivity index (χ1v) is 9.79. The molecule has 0 fully saturated rings. The zero-order valence-electron chi connectivity index (χ0n) is 16.9. The van der Waals surface area contributed by atoms with E-state index in [4.69, 9.17) is 10.2 Å². The van der Waals surface area contributed by atoms with Crippen LogP contribution in [0.4, 0.5) is 4.39 Å². The number of nitrogens with zero attached hydrogens (tertiary/aromatic N) is 2. The standard InChI is InChI=1S/C23H25FN2O4/c1-14(2)22-19(10-9-17(27)12-18(28)13-21(29)30)23(15-5-7-16(24)8-6-15)25-26-11-3-4-20(22)26/h3-11,14,17-18,27-28H,12-13H2,1-2H3,(H,29,30)/b10-9+. The lowest BCUT2D eigenvalue weighted by atomic mass is 9.93. The highest BCUT2D eigenvalue weighted by atomic mass is 19.1. The number of carboxylic acids is 1. The fourth-order valence-electron chi connectivity index (χ4n) is 3.55. The van der Waals surface area contributed by atoms with Crippen LogP contribution in [-0.4, -0.2) is 43.1 Å². The third-order valence-electron chi connectivity index (χ3n) is 4.86. The fraction of sp³-hybridized carbons (Fsp3) is 0.304. The quantitative estimate of drug-likeness (QED) is 0.522. The van der Waals surface area contributed by atoms with Crippen LogP contribution in [0.3, 0.4) is 0 Å². The third-order valence-corrected chi connectivity index (χ3v) is 4.86. The first-order chi connectivity index (χ1) is 14.3. The molecule has 2 heterocycles. The Morgan fingerprint density at radius 2 is 1.90 bits per heavy atom. The molecule has 7 heteroatoms. The molecule has 1 aromatic carbocycles. The molecule has 2 atom stereocenters. The van der Waals surface area contributed by atoms with Gasteiger partial charge in [-0.05, 0) is 47.9 Å². The first kappa shape index (κ1) is 21.7. The Balaban J connectivity index is 2.06. The summed E-state index contributed by atoms with van der Waals surface area (Å²) in [6.07, 6.45) is 2.43. The molecule has 0 bridgehead atoms. The van der Waals surface area contributed by atoms with Crippen molar-refractivity contribution in [1.29, 1.82) is 0 Å². The SMILES string of the molecule is CC(C)c1c(/C=C/C(O)CC(O)CC(=O)O)c(-c2ccc(F)cc2)nn2cccc12. The summed E-state index contributed by atoms with van der Waals surface area (Å²) >= 11 is 0. The van der Waals surface area contributed by atoms with Crippen LogP contribution in [0.25, 0.3) is 22.9 Å². The molecule has 0 saturated heterocycles. The van der Waals surface area contributed by atoms with E-state index in [9.17, 15) is 19.4 Å². The topological polar surface area (TPSA) is 95.1 Å². The van der Waals surface area contributed by atoms with Gasteiger partial charge in [0.2, 0.25) is 0 Å². The summed E-state index contributed by atoms with van der Waals surface area (Å²) in [5.74, 6) is -1.33. The molecule has 6 nitrogen and oxygen atoms in total. The average molecular weight is 412 g/mol. The Kier molecular flexibility index (Phi) is 6.64. The van der Waals surface area contributed by atoms with Crippen LogP contribution in [0.5, 0.6) is 0 Å². The number of aliphatic hydroxyl groups excluding tert-OH is 2. The second-order valence-corrected chi connectivity index (χ2v) is 7.59. The highest BCUT2D eigenvalue weighted by molar-refractivity contribution is 5.79. The van der Waals surface area contributed by atoms with Crippen LogP contribution in [0.15, 0.2) is 48.7 Å². The number of aliphatic carboxylic acids is 1. The van der Waals surface area contributed by atoms with Gasteiger partial charge in [-0.25, -0.2) is 8.91 Å². The monoisotopic (exact) mass is 412 g/mol. The van der Waals surface area contributed by atoms with Gasteiger partial charge in [0.1, 0.15) is 5.82 Å². The number of aromatic nitrogens is 2. The zero-order valence-corrected chi connectivity index (χ0v) is 16.9. The average Bonchev–Trinajstić information content (AvgIpc) is 3.13. The lowest BCUT2D eigenvalue weighted by molar-refractivity contribution is -0.139. The van der Waals surface area contributed by atoms with E-state index < -0.39 is 24.6 Å². The molecule has 158 valence electrons. The van der Waals surface area contributed by atoms with E-state index in [1.54, 1.807) is 22.7 Å². The van der Waals surface area contributed by atoms with E-state index in [0.717, 1.165) is 22.2 Å². The van der Waals surface area contributed by atoms with Crippen LogP contribution in [-0.2, 0) is 4.79 Å². The summed E-state index contributed by atoms with van der Waals surface area (Å²) in [5, 5.41) is 33.5. The largest absolute Gasteiger partial charge is 0.481 e. The number of hydrogen-bond donors (Lipinski definition) is 3. The number of carbonyl (C=O) groups is 1. The van der Waals surface area contributed by atoms with Crippen LogP contribution in [0.1, 0.15) is 43.7 Å². The van der Waals surface area contributed by atoms with Gasteiger partial charge >= 0.3 is 5.97 Å². The molecule has 0 aliphatic rings. The predicted molar refractivity (Wildman–Crippen MR) is 113 cm³/mol. The molecule has 3 N–H and O–H groups in total. The maximum absolute atomic E-state index is 13.4. The molecule has 0 aliphatic heterocycles. The van der Waals surface area contributed by atoms with Crippen molar-refractivity contribution < 1.29 is 24.5 Å². The Morgan fingerprint density at radius 3 is 2.53 bits per heavy atom. The number of aliphatic hydroxyl groups is 2. The Morgan fingerprint density at radius 1 is 1.20 bits per heavy atom. The number of hydrogen-bond acceptors (Lipinski definition) is 4. The van der Waals surface area contributed by atoms with Gasteiger partial charge in [0, 0.05) is 23.7 Å². The minimum atomic E-state index is -1.14. The van der Waals surface area contributed by atoms with E-state index in [0.29, 0.717) is 5.69 Å². The highest BCUT2D eigenvalue weighted by Crippen LogP contribution is 2.33. The summed E-state index contributed by atoms with van der Waals surface area (Å²) in [6, 6.07) is 9.91. The molecule has 3 rings (SSSR count). The Bertz CT molecular complexity index is 1060. The molecule has 0 radical (unpaired) electrons. The second-order valence-electron chi connectivity index (χ2n) is 7.59. The summed E-state index contributed by atoms with van der Waals surface area (Å²) in [4.78, 5) is 10.7. The van der Waals surface area contributed by atoms with E-state index in [1.807, 2.05) is 18.3 Å². The van der Waals surface area contributed by atoms with Gasteiger partial charge in [-0.2, -0.15) is 5.10 Å². The Hall–Kier alpha value is -3.03. The van der Waals surface area contributed by atoms with Crippen molar-refractivity contribution in [3.8, 4) is 11.3 Å². The maximum Gasteiger partial charge on any atom is 0.305 e. The fourth-order valence-corrected chi connectivity index (χ4v) is 3.55. The van der Waals surface area contributed by atoms with Crippen molar-refractivity contribution in [2.45, 2.75) is 44.8 Å². The molecule has 0 spiro atoms. The molecule has 30 heavy (non-hydrogen) atoms. The van der Waals surface area contributed by atoms with Gasteiger partial charge in [-0.1, -0.05) is 26.0 Å². The van der Waals surface area contributed by atoms with Crippen molar-refractivity contribution in [3.63, 3.8) is 0 Å². The van der Waals surface area contributed by atoms with Crippen molar-refractivity contribution in [2.24, 2.45) is 0 Å². The number of carboxylic acid groups (broad SMARTS) is 1. The predicted octanol–water partition coefficient (Wildman–Crippen LogP) is 3.86. The van der Waals surface area contributed by atoms with E-state index in [-0.39, 0.29) is 18.2 Å². The zero-order chi connectivity index (χ0) is 21.8. The summed E-state index contributed by atoms with van der Waals surface area (Å²) in [5.41, 5.74) is 4.10. The van der Waals surface area contributed by atoms with E-state index in [2.05, 4.69) is 13.8 Å². The van der Waals surface area contributed by atoms with E-state index in [1.165, 1.54) is 18.2 Å². The van der Waals surface area contributed by atoms with Crippen molar-refractivity contribution in [1.82, 2.24) is 9.61 Å². The number of benzene rings is 1. The minimum Gasteiger partial charge on any atom is -0.481 e. The number of halogens is 1. The molecule has 2 aromatic heterocycles. The van der Waals surface area contributed by atoms with Crippen molar-refractivity contribution in [3.05, 3.63) is 65.6 Å². The van der Waals surface area contributed by atoms with Crippen LogP contribution in [0.2, 0.25) is 0 Å². The van der Waals surface area contributed by atoms with Crippen molar-refractivity contribution in [2.75, 3.05) is 0 Å². The molecular weight excluding hydrogens is 387 g/mol. The Labute approximate surface area is 173 Å². The van der Waals surface area contributed by atoms with Gasteiger partial charge in [0.15, 0.2) is 0 Å². The second kappa shape index (κ2) is 9.19. The van der Waals surface area contributed by atoms with Gasteiger partial charge in [0.05, 0.1) is 29.8 Å². The van der Waals surface area contributed by atoms with Crippen LogP contribution >= 0.6 is 0 Å². The van der Waals surface area contributed by atoms with Gasteiger partial charge in [-0.15, -0.1) is 0 Å². The summed E-state index contributed by atoms with van der Waals surface area (Å²) < 4.78 is 15.2. The molecule has 3 aromatic rings. The number of fused-ring (bicyclic) bond motifs is 1. The highest BCUT2D eigenvalue weighted by Gasteiger charge is 2.19. The summed E-state index contributed by atoms with van der Waals surface area (Å²) in [7, 11) is 0. The van der Waals surface area contributed by atoms with Gasteiger partial charge in [-0.3, -0.25) is 4.79 Å². The lowest BCUT2D eigenvalue weighted by Gasteiger charge is -2.17. The first-order valence-electron chi connectivity index (χ1n) is 9.79. The van der Waals surface area contributed by atoms with Crippen molar-refractivity contribution >= 4 is 17.6 Å². The molecule has 0 saturated carbocycles. The third kappa shape index (κ3) is 4.93. The maximum atomic E-state index is 13.4. The number of rotatable bonds is 8.